The Morgan fingerprint density at radius 1 is 0.867 bits per heavy atom. The highest BCUT2D eigenvalue weighted by molar-refractivity contribution is 6.05. The number of H-pyrrole nitrogens is 1. The molecule has 0 spiro atoms. The number of benzene rings is 2. The summed E-state index contributed by atoms with van der Waals surface area (Å²) in [5.41, 5.74) is 3.67. The van der Waals surface area contributed by atoms with Crippen LogP contribution in [0.15, 0.2) is 36.4 Å². The molecule has 0 bridgehead atoms. The molecule has 0 radical (unpaired) electrons. The van der Waals surface area contributed by atoms with Crippen LogP contribution in [-0.4, -0.2) is 117 Å². The maximum atomic E-state index is 15.9. The molecule has 2 aliphatic carbocycles. The highest BCUT2D eigenvalue weighted by Crippen LogP contribution is 2.41. The zero-order valence-electron chi connectivity index (χ0n) is 34.6. The minimum Gasteiger partial charge on any atom is -0.488 e. The van der Waals surface area contributed by atoms with Gasteiger partial charge in [-0.15, -0.1) is 0 Å². The molecule has 14 nitrogen and oxygen atoms in total. The molecule has 1 unspecified atom stereocenters. The summed E-state index contributed by atoms with van der Waals surface area (Å²) in [5.74, 6) is 1.61. The predicted octanol–water partition coefficient (Wildman–Crippen LogP) is 5.53. The third-order valence-corrected chi connectivity index (χ3v) is 13.7. The van der Waals surface area contributed by atoms with Crippen molar-refractivity contribution >= 4 is 40.1 Å². The Balaban J connectivity index is 0.675. The van der Waals surface area contributed by atoms with Gasteiger partial charge in [-0.25, -0.2) is 14.4 Å². The first kappa shape index (κ1) is 39.0. The molecule has 10 rings (SSSR count). The van der Waals surface area contributed by atoms with Crippen molar-refractivity contribution in [2.75, 3.05) is 55.6 Å². The summed E-state index contributed by atoms with van der Waals surface area (Å²) >= 11 is 0. The lowest BCUT2D eigenvalue weighted by molar-refractivity contribution is -0.136. The summed E-state index contributed by atoms with van der Waals surface area (Å²) in [6.45, 7) is 10.4. The van der Waals surface area contributed by atoms with Crippen molar-refractivity contribution in [2.45, 2.75) is 108 Å². The first-order chi connectivity index (χ1) is 29.1. The number of piperazine rings is 1. The Kier molecular flexibility index (Phi) is 10.2. The van der Waals surface area contributed by atoms with Gasteiger partial charge in [-0.3, -0.25) is 29.7 Å². The zero-order chi connectivity index (χ0) is 41.1. The van der Waals surface area contributed by atoms with Crippen molar-refractivity contribution in [3.8, 4) is 17.1 Å². The number of hydrogen-bond donors (Lipinski definition) is 2. The van der Waals surface area contributed by atoms with Gasteiger partial charge in [0.25, 0.3) is 5.91 Å². The van der Waals surface area contributed by atoms with Gasteiger partial charge in [-0.2, -0.15) is 5.10 Å². The van der Waals surface area contributed by atoms with E-state index >= 15 is 4.39 Å². The molecule has 4 aliphatic heterocycles. The van der Waals surface area contributed by atoms with E-state index in [4.69, 9.17) is 19.4 Å². The number of nitrogens with zero attached hydrogens (tertiary/aromatic N) is 7. The maximum Gasteiger partial charge on any atom is 0.255 e. The average molecular weight is 820 g/mol. The Morgan fingerprint density at radius 2 is 1.63 bits per heavy atom. The van der Waals surface area contributed by atoms with E-state index in [2.05, 4.69) is 49.3 Å². The van der Waals surface area contributed by atoms with Crippen LogP contribution in [0.25, 0.3) is 22.3 Å². The van der Waals surface area contributed by atoms with Crippen molar-refractivity contribution in [3.05, 3.63) is 59.2 Å². The molecule has 6 aliphatic rings. The lowest BCUT2D eigenvalue weighted by Crippen LogP contribution is -2.52. The molecular formula is C45H54FN9O5. The Hall–Kier alpha value is -5.15. The first-order valence-corrected chi connectivity index (χ1v) is 21.9. The van der Waals surface area contributed by atoms with Gasteiger partial charge in [0.2, 0.25) is 11.8 Å². The average Bonchev–Trinajstić information content (AvgIpc) is 3.65. The monoisotopic (exact) mass is 819 g/mol. The molecule has 4 aromatic rings. The van der Waals surface area contributed by atoms with E-state index < -0.39 is 17.8 Å². The molecular weight excluding hydrogens is 766 g/mol. The highest BCUT2D eigenvalue weighted by atomic mass is 19.1. The Morgan fingerprint density at radius 3 is 2.38 bits per heavy atom. The Bertz CT molecular complexity index is 2310. The van der Waals surface area contributed by atoms with E-state index in [9.17, 15) is 14.4 Å². The van der Waals surface area contributed by atoms with Gasteiger partial charge in [0.05, 0.1) is 35.7 Å². The number of carbonyl (C=O) groups excluding carboxylic acids is 3. The summed E-state index contributed by atoms with van der Waals surface area (Å²) < 4.78 is 28.8. The number of hydrogen-bond acceptors (Lipinski definition) is 11. The van der Waals surface area contributed by atoms with Crippen LogP contribution < -0.4 is 19.9 Å². The summed E-state index contributed by atoms with van der Waals surface area (Å²) in [4.78, 5) is 55.3. The standard InChI is InChI=1S/C45H54FN9O5/c1-27-47-36(42-33-23-31(60-45(2)15-16-45)7-9-35(33)50-51-42)24-39(48-27)54-21-19-52(20-22-54)25-28-3-5-29(6-4-28)59-30-13-17-53(18-14-30)37-10-8-32-34(41(37)46)26-55(44(32)58)38-11-12-40(56)49-43(38)57/h7-10,23-24,28-30,38H,3-6,11-22,25-26H2,1-2H3,(H,50,51)(H,49,56,57). The normalized spacial score (nSPS) is 24.9. The second kappa shape index (κ2) is 15.7. The van der Waals surface area contributed by atoms with Crippen LogP contribution in [0.1, 0.15) is 92.9 Å². The number of piperidine rings is 2. The fraction of sp³-hybridized carbons (Fsp3) is 0.556. The van der Waals surface area contributed by atoms with Gasteiger partial charge < -0.3 is 24.2 Å². The van der Waals surface area contributed by atoms with Crippen molar-refractivity contribution in [3.63, 3.8) is 0 Å². The van der Waals surface area contributed by atoms with Gasteiger partial charge in [-0.05, 0) is 108 Å². The van der Waals surface area contributed by atoms with Gasteiger partial charge in [-0.1, -0.05) is 0 Å². The van der Waals surface area contributed by atoms with Crippen LogP contribution in [0.5, 0.6) is 5.75 Å². The van der Waals surface area contributed by atoms with Crippen LogP contribution >= 0.6 is 0 Å². The summed E-state index contributed by atoms with van der Waals surface area (Å²) in [5, 5.41) is 11.1. The number of rotatable bonds is 10. The van der Waals surface area contributed by atoms with E-state index in [-0.39, 0.29) is 49.0 Å². The van der Waals surface area contributed by atoms with Gasteiger partial charge >= 0.3 is 0 Å². The van der Waals surface area contributed by atoms with E-state index in [1.165, 1.54) is 4.90 Å². The second-order valence-corrected chi connectivity index (χ2v) is 18.1. The third-order valence-electron chi connectivity index (χ3n) is 13.7. The molecule has 2 aromatic carbocycles. The minimum atomic E-state index is -0.763. The second-order valence-electron chi connectivity index (χ2n) is 18.1. The van der Waals surface area contributed by atoms with Crippen LogP contribution in [0.4, 0.5) is 15.9 Å². The number of aromatic amines is 1. The van der Waals surface area contributed by atoms with E-state index in [1.807, 2.05) is 19.1 Å². The fourth-order valence-corrected chi connectivity index (χ4v) is 9.97. The number of amides is 3. The van der Waals surface area contributed by atoms with E-state index in [1.54, 1.807) is 12.1 Å². The number of aryl methyl sites for hydroxylation is 1. The number of aromatic nitrogens is 4. The molecule has 5 fully saturated rings. The van der Waals surface area contributed by atoms with Crippen molar-refractivity contribution in [1.82, 2.24) is 35.3 Å². The van der Waals surface area contributed by atoms with Crippen LogP contribution in [-0.2, 0) is 20.9 Å². The molecule has 2 saturated carbocycles. The topological polar surface area (TPSA) is 149 Å². The number of ether oxygens (including phenoxy) is 2. The molecule has 2 aromatic heterocycles. The number of carbonyl (C=O) groups is 3. The molecule has 15 heteroatoms. The minimum absolute atomic E-state index is 0.0323. The van der Waals surface area contributed by atoms with Gasteiger partial charge in [0, 0.05) is 74.8 Å². The SMILES string of the molecule is Cc1nc(-c2n[nH]c3ccc(OC4(C)CC4)cc23)cc(N2CCN(CC3CCC(OC4CCN(c5ccc6c(c5F)CN(C5CCC(=O)NC5=O)C6=O)CC4)CC3)CC2)n1. The van der Waals surface area contributed by atoms with Crippen LogP contribution in [0.2, 0.25) is 0 Å². The van der Waals surface area contributed by atoms with Crippen molar-refractivity contribution < 1.29 is 28.2 Å². The fourth-order valence-electron chi connectivity index (χ4n) is 9.97. The van der Waals surface area contributed by atoms with Crippen molar-refractivity contribution in [1.29, 1.82) is 0 Å². The Labute approximate surface area is 349 Å². The maximum absolute atomic E-state index is 15.9. The molecule has 3 amide bonds. The molecule has 316 valence electrons. The summed E-state index contributed by atoms with van der Waals surface area (Å²) in [6.07, 6.45) is 9.11. The number of anilines is 2. The summed E-state index contributed by atoms with van der Waals surface area (Å²) in [7, 11) is 0. The molecule has 60 heavy (non-hydrogen) atoms. The van der Waals surface area contributed by atoms with E-state index in [0.717, 1.165) is 124 Å². The largest absolute Gasteiger partial charge is 0.488 e. The quantitative estimate of drug-likeness (QED) is 0.195. The van der Waals surface area contributed by atoms with Gasteiger partial charge in [0.15, 0.2) is 5.82 Å². The number of halogens is 1. The van der Waals surface area contributed by atoms with Crippen LogP contribution in [0, 0.1) is 18.7 Å². The number of fused-ring (bicyclic) bond motifs is 2. The highest BCUT2D eigenvalue weighted by Gasteiger charge is 2.42. The lowest BCUT2D eigenvalue weighted by atomic mass is 9.86. The van der Waals surface area contributed by atoms with Gasteiger partial charge in [0.1, 0.15) is 34.7 Å². The predicted molar refractivity (Wildman–Crippen MR) is 223 cm³/mol. The lowest BCUT2D eigenvalue weighted by Gasteiger charge is -2.39. The van der Waals surface area contributed by atoms with Crippen molar-refractivity contribution in [2.24, 2.45) is 5.92 Å². The molecule has 2 N–H and O–H groups in total. The number of nitrogens with one attached hydrogen (secondary N) is 2. The summed E-state index contributed by atoms with van der Waals surface area (Å²) in [6, 6.07) is 10.8. The van der Waals surface area contributed by atoms with Crippen LogP contribution in [0.3, 0.4) is 0 Å². The molecule has 3 saturated heterocycles. The smallest absolute Gasteiger partial charge is 0.255 e. The molecule has 6 heterocycles. The zero-order valence-corrected chi connectivity index (χ0v) is 34.6. The molecule has 1 atom stereocenters. The van der Waals surface area contributed by atoms with E-state index in [0.29, 0.717) is 35.8 Å². The third kappa shape index (κ3) is 7.81. The number of imide groups is 1. The first-order valence-electron chi connectivity index (χ1n) is 21.9.